The molecule has 12 heteroatoms. The first-order valence-corrected chi connectivity index (χ1v) is 13.4. The van der Waals surface area contributed by atoms with E-state index in [1.807, 2.05) is 0 Å². The van der Waals surface area contributed by atoms with Crippen molar-refractivity contribution in [3.05, 3.63) is 71.3 Å². The summed E-state index contributed by atoms with van der Waals surface area (Å²) >= 11 is 0.873. The zero-order valence-corrected chi connectivity index (χ0v) is 22.3. The van der Waals surface area contributed by atoms with Gasteiger partial charge in [-0.2, -0.15) is 0 Å². The lowest BCUT2D eigenvalue weighted by atomic mass is 9.89. The molecule has 0 unspecified atom stereocenters. The molecule has 2 amide bonds. The fraction of sp³-hybridized carbons (Fsp3) is 0.393. The van der Waals surface area contributed by atoms with Crippen LogP contribution in [0.1, 0.15) is 23.1 Å². The van der Waals surface area contributed by atoms with Crippen LogP contribution in [0.2, 0.25) is 0 Å². The van der Waals surface area contributed by atoms with Crippen molar-refractivity contribution in [2.75, 3.05) is 13.2 Å². The maximum absolute atomic E-state index is 12.4. The number of carboxylic acid groups (broad SMARTS) is 1. The van der Waals surface area contributed by atoms with Gasteiger partial charge in [-0.25, -0.2) is 4.79 Å². The number of thioether (sulfide) groups is 1. The predicted octanol–water partition coefficient (Wildman–Crippen LogP) is -0.610. The average molecular weight is 573 g/mol. The van der Waals surface area contributed by atoms with Crippen LogP contribution in [0.4, 0.5) is 0 Å². The topological polar surface area (TPSA) is 186 Å². The number of hydrogen-bond donors (Lipinski definition) is 7. The summed E-state index contributed by atoms with van der Waals surface area (Å²) in [6.45, 7) is -1.36. The quantitative estimate of drug-likeness (QED) is 0.162. The van der Waals surface area contributed by atoms with E-state index in [0.717, 1.165) is 17.3 Å². The van der Waals surface area contributed by atoms with E-state index in [4.69, 9.17) is 11.2 Å². The predicted molar refractivity (Wildman–Crippen MR) is 146 cm³/mol. The van der Waals surface area contributed by atoms with E-state index in [1.54, 1.807) is 54.6 Å². The number of terminal acetylenes is 1. The normalized spacial score (nSPS) is 23.8. The summed E-state index contributed by atoms with van der Waals surface area (Å²) < 4.78 is 5.86. The van der Waals surface area contributed by atoms with Gasteiger partial charge in [0.05, 0.1) is 24.7 Å². The van der Waals surface area contributed by atoms with Crippen LogP contribution < -0.4 is 10.6 Å². The molecule has 0 spiro atoms. The molecule has 1 aliphatic rings. The molecule has 0 aliphatic carbocycles. The first-order valence-electron chi connectivity index (χ1n) is 12.4. The van der Waals surface area contributed by atoms with Crippen LogP contribution in [0, 0.1) is 12.3 Å². The van der Waals surface area contributed by atoms with Gasteiger partial charge < -0.3 is 40.9 Å². The maximum Gasteiger partial charge on any atom is 0.346 e. The number of rotatable bonds is 12. The monoisotopic (exact) mass is 572 g/mol. The van der Waals surface area contributed by atoms with E-state index in [9.17, 15) is 39.9 Å². The van der Waals surface area contributed by atoms with Gasteiger partial charge in [-0.1, -0.05) is 48.4 Å². The molecule has 40 heavy (non-hydrogen) atoms. The Bertz CT molecular complexity index is 1200. The molecule has 214 valence electrons. The smallest absolute Gasteiger partial charge is 0.346 e. The molecule has 0 bridgehead atoms. The lowest BCUT2D eigenvalue weighted by Crippen LogP contribution is -2.67. The Morgan fingerprint density at radius 2 is 1.75 bits per heavy atom. The van der Waals surface area contributed by atoms with Crippen molar-refractivity contribution in [2.24, 2.45) is 0 Å². The first kappa shape index (κ1) is 31.1. The van der Waals surface area contributed by atoms with Gasteiger partial charge in [-0.05, 0) is 23.3 Å². The molecule has 3 rings (SSSR count). The largest absolute Gasteiger partial charge is 0.478 e. The molecule has 1 saturated heterocycles. The van der Waals surface area contributed by atoms with Crippen molar-refractivity contribution in [3.63, 3.8) is 0 Å². The minimum absolute atomic E-state index is 0.0280. The Balaban J connectivity index is 1.74. The van der Waals surface area contributed by atoms with Gasteiger partial charge >= 0.3 is 5.97 Å². The second-order valence-electron chi connectivity index (χ2n) is 9.32. The highest BCUT2D eigenvalue weighted by Gasteiger charge is 2.55. The standard InChI is InChI=1S/C28H32N2O9S/c1-2-17-8-10-18(11-9-17)12-22(34)29-14-21(33)25(36)26-24(30-23(35)15-31)20(32)13-28(39-26,27(37)38)40-16-19-6-4-3-5-7-19/h1,3-11,20-21,24-26,31-33,36H,12-16H2,(H,29,34)(H,30,35)(H,37,38)/t20-,21+,24+,25+,26+,28-/m0/s1. The lowest BCUT2D eigenvalue weighted by Gasteiger charge is -2.46. The fourth-order valence-electron chi connectivity index (χ4n) is 4.25. The lowest BCUT2D eigenvalue weighted by molar-refractivity contribution is -0.203. The summed E-state index contributed by atoms with van der Waals surface area (Å²) in [5, 5.41) is 56.7. The second kappa shape index (κ2) is 14.3. The van der Waals surface area contributed by atoms with Crippen LogP contribution in [0.3, 0.4) is 0 Å². The van der Waals surface area contributed by atoms with Crippen molar-refractivity contribution >= 4 is 29.5 Å². The number of carbonyl (C=O) groups excluding carboxylic acids is 2. The molecule has 0 aromatic heterocycles. The molecule has 1 fully saturated rings. The number of carboxylic acids is 1. The molecule has 7 N–H and O–H groups in total. The van der Waals surface area contributed by atoms with E-state index in [2.05, 4.69) is 16.6 Å². The van der Waals surface area contributed by atoms with Gasteiger partial charge in [0.1, 0.15) is 18.8 Å². The van der Waals surface area contributed by atoms with Crippen molar-refractivity contribution in [1.82, 2.24) is 10.6 Å². The van der Waals surface area contributed by atoms with Gasteiger partial charge in [-0.3, -0.25) is 9.59 Å². The van der Waals surface area contributed by atoms with Crippen LogP contribution in [-0.2, 0) is 31.3 Å². The zero-order chi connectivity index (χ0) is 29.3. The molecule has 11 nitrogen and oxygen atoms in total. The van der Waals surface area contributed by atoms with Gasteiger partial charge in [0.25, 0.3) is 0 Å². The molecular weight excluding hydrogens is 540 g/mol. The van der Waals surface area contributed by atoms with Crippen LogP contribution >= 0.6 is 11.8 Å². The van der Waals surface area contributed by atoms with Crippen LogP contribution in [-0.4, -0.2) is 91.9 Å². The number of ether oxygens (including phenoxy) is 1. The number of hydrogen-bond acceptors (Lipinski definition) is 9. The number of aliphatic hydroxyl groups is 4. The van der Waals surface area contributed by atoms with E-state index in [0.29, 0.717) is 11.1 Å². The van der Waals surface area contributed by atoms with Crippen molar-refractivity contribution in [3.8, 4) is 12.3 Å². The van der Waals surface area contributed by atoms with Gasteiger partial charge in [-0.15, -0.1) is 18.2 Å². The van der Waals surface area contributed by atoms with Crippen LogP contribution in [0.15, 0.2) is 54.6 Å². The summed E-state index contributed by atoms with van der Waals surface area (Å²) in [5.41, 5.74) is 2.11. The molecular formula is C28H32N2O9S. The number of carbonyl (C=O) groups is 3. The molecule has 6 atom stereocenters. The first-order chi connectivity index (χ1) is 19.1. The van der Waals surface area contributed by atoms with Gasteiger partial charge in [0.15, 0.2) is 0 Å². The maximum atomic E-state index is 12.4. The van der Waals surface area contributed by atoms with Crippen molar-refractivity contribution in [1.29, 1.82) is 0 Å². The number of nitrogens with one attached hydrogen (secondary N) is 2. The van der Waals surface area contributed by atoms with Gasteiger partial charge in [0.2, 0.25) is 16.7 Å². The van der Waals surface area contributed by atoms with Crippen LogP contribution in [0.25, 0.3) is 0 Å². The molecule has 0 saturated carbocycles. The molecule has 1 aliphatic heterocycles. The summed E-state index contributed by atoms with van der Waals surface area (Å²) in [7, 11) is 0. The highest BCUT2D eigenvalue weighted by molar-refractivity contribution is 8.00. The van der Waals surface area contributed by atoms with E-state index in [1.165, 1.54) is 0 Å². The summed E-state index contributed by atoms with van der Waals surface area (Å²) in [5.74, 6) is -0.121. The molecule has 1 heterocycles. The second-order valence-corrected chi connectivity index (χ2v) is 10.6. The minimum atomic E-state index is -2.03. The highest BCUT2D eigenvalue weighted by atomic mass is 32.2. The summed E-state index contributed by atoms with van der Waals surface area (Å²) in [6, 6.07) is 14.3. The van der Waals surface area contributed by atoms with Crippen molar-refractivity contribution in [2.45, 2.75) is 54.0 Å². The SMILES string of the molecule is C#Cc1ccc(CC(=O)NC[C@@H](O)[C@@H](O)[C@@H]2O[C@@](SCc3ccccc3)(C(=O)O)C[C@H](O)[C@H]2NC(=O)CO)cc1. The Labute approximate surface area is 235 Å². The Hall–Kier alpha value is -3.44. The van der Waals surface area contributed by atoms with Crippen LogP contribution in [0.5, 0.6) is 0 Å². The third kappa shape index (κ3) is 8.04. The Morgan fingerprint density at radius 1 is 1.07 bits per heavy atom. The Morgan fingerprint density at radius 3 is 2.35 bits per heavy atom. The third-order valence-corrected chi connectivity index (χ3v) is 7.79. The Kier molecular flexibility index (Phi) is 11.1. The summed E-state index contributed by atoms with van der Waals surface area (Å²) in [4.78, 5) is 34.7. The van der Waals surface area contributed by atoms with E-state index < -0.39 is 72.7 Å². The molecule has 0 radical (unpaired) electrons. The number of aliphatic carboxylic acids is 1. The molecule has 2 aromatic rings. The third-order valence-electron chi connectivity index (χ3n) is 6.41. The number of amides is 2. The zero-order valence-electron chi connectivity index (χ0n) is 21.5. The minimum Gasteiger partial charge on any atom is -0.478 e. The van der Waals surface area contributed by atoms with E-state index in [-0.39, 0.29) is 12.2 Å². The molecule has 2 aromatic carbocycles. The fourth-order valence-corrected chi connectivity index (χ4v) is 5.43. The van der Waals surface area contributed by atoms with Gasteiger partial charge in [0, 0.05) is 24.3 Å². The highest BCUT2D eigenvalue weighted by Crippen LogP contribution is 2.41. The average Bonchev–Trinajstić information content (AvgIpc) is 2.96. The van der Waals surface area contributed by atoms with E-state index >= 15 is 0 Å². The number of aliphatic hydroxyl groups excluding tert-OH is 4. The number of benzene rings is 2. The van der Waals surface area contributed by atoms with Crippen molar-refractivity contribution < 1.29 is 44.7 Å². The summed E-state index contributed by atoms with van der Waals surface area (Å²) in [6.07, 6.45) is -1.79.